The average Bonchev–Trinajstić information content (AvgIpc) is 3.52. The van der Waals surface area contributed by atoms with Crippen molar-refractivity contribution in [3.8, 4) is 11.9 Å². The number of hydrogen-bond donors (Lipinski definition) is 0. The molecule has 128 valence electrons. The summed E-state index contributed by atoms with van der Waals surface area (Å²) in [5.41, 5.74) is 1.74. The van der Waals surface area contributed by atoms with E-state index in [1.54, 1.807) is 6.07 Å². The molecule has 7 heteroatoms. The van der Waals surface area contributed by atoms with E-state index in [9.17, 15) is 10.1 Å². The molecule has 0 aliphatic heterocycles. The van der Waals surface area contributed by atoms with E-state index < -0.39 is 11.7 Å². The third-order valence-corrected chi connectivity index (χ3v) is 4.20. The maximum Gasteiger partial charge on any atom is 0.232 e. The van der Waals surface area contributed by atoms with Crippen LogP contribution in [-0.2, 0) is 0 Å². The summed E-state index contributed by atoms with van der Waals surface area (Å²) in [6.07, 6.45) is 6.56. The van der Waals surface area contributed by atoms with Gasteiger partial charge in [-0.15, -0.1) is 0 Å². The largest absolute Gasteiger partial charge is 0.476 e. The number of ether oxygens (including phenoxy) is 1. The summed E-state index contributed by atoms with van der Waals surface area (Å²) in [5.74, 6) is -0.557. The number of aromatic nitrogens is 4. The third kappa shape index (κ3) is 3.35. The summed E-state index contributed by atoms with van der Waals surface area (Å²) < 4.78 is 5.51. The van der Waals surface area contributed by atoms with Crippen molar-refractivity contribution in [1.82, 2.24) is 19.9 Å². The van der Waals surface area contributed by atoms with E-state index in [2.05, 4.69) is 19.9 Å². The fourth-order valence-corrected chi connectivity index (χ4v) is 2.52. The summed E-state index contributed by atoms with van der Waals surface area (Å²) in [5, 5.41) is 9.48. The van der Waals surface area contributed by atoms with Crippen molar-refractivity contribution in [2.75, 3.05) is 6.61 Å². The standard InChI is InChI=1S/C19H15N5O2/c20-7-13(16-8-21-14-3-1-2-4-15(14)24-16)19(25)17-9-23-18(10-22-17)26-11-12-5-6-12/h1-4,8-10,12-13H,5-6,11H2/t13-/m0/s1. The van der Waals surface area contributed by atoms with Gasteiger partial charge in [-0.3, -0.25) is 9.78 Å². The van der Waals surface area contributed by atoms with E-state index in [1.165, 1.54) is 31.4 Å². The summed E-state index contributed by atoms with van der Waals surface area (Å²) in [6, 6.07) is 9.28. The van der Waals surface area contributed by atoms with Crippen LogP contribution in [0.15, 0.2) is 42.9 Å². The molecule has 0 amide bonds. The van der Waals surface area contributed by atoms with Gasteiger partial charge in [0.25, 0.3) is 0 Å². The van der Waals surface area contributed by atoms with Crippen LogP contribution in [-0.4, -0.2) is 32.3 Å². The minimum Gasteiger partial charge on any atom is -0.476 e. The molecule has 0 unspecified atom stereocenters. The molecule has 1 aliphatic rings. The van der Waals surface area contributed by atoms with Crippen LogP contribution in [0.3, 0.4) is 0 Å². The highest BCUT2D eigenvalue weighted by molar-refractivity contribution is 6.00. The Bertz CT molecular complexity index is 993. The van der Waals surface area contributed by atoms with Crippen LogP contribution < -0.4 is 4.74 Å². The molecule has 3 aromatic rings. The predicted octanol–water partition coefficient (Wildman–Crippen LogP) is 2.70. The number of ketones is 1. The molecule has 0 radical (unpaired) electrons. The molecule has 1 aromatic carbocycles. The molecule has 0 spiro atoms. The van der Waals surface area contributed by atoms with Gasteiger partial charge in [-0.2, -0.15) is 5.26 Å². The number of fused-ring (bicyclic) bond motifs is 1. The maximum atomic E-state index is 12.7. The zero-order chi connectivity index (χ0) is 17.9. The Kier molecular flexibility index (Phi) is 4.23. The quantitative estimate of drug-likeness (QED) is 0.633. The summed E-state index contributed by atoms with van der Waals surface area (Å²) in [4.78, 5) is 29.5. The Balaban J connectivity index is 1.54. The lowest BCUT2D eigenvalue weighted by atomic mass is 10.00. The lowest BCUT2D eigenvalue weighted by Crippen LogP contribution is -2.15. The van der Waals surface area contributed by atoms with Gasteiger partial charge in [0, 0.05) is 0 Å². The molecule has 7 nitrogen and oxygen atoms in total. The Hall–Kier alpha value is -3.40. The molecule has 2 heterocycles. The number of Topliss-reactive ketones (excluding diaryl/α,β-unsaturated/α-hetero) is 1. The predicted molar refractivity (Wildman–Crippen MR) is 92.5 cm³/mol. The Morgan fingerprint density at radius 3 is 2.65 bits per heavy atom. The topological polar surface area (TPSA) is 102 Å². The van der Waals surface area contributed by atoms with E-state index in [4.69, 9.17) is 4.74 Å². The maximum absolute atomic E-state index is 12.7. The molecule has 4 rings (SSSR count). The fourth-order valence-electron chi connectivity index (χ4n) is 2.52. The Labute approximate surface area is 149 Å². The zero-order valence-electron chi connectivity index (χ0n) is 13.9. The first-order valence-electron chi connectivity index (χ1n) is 8.35. The molecule has 1 atom stereocenters. The van der Waals surface area contributed by atoms with E-state index in [-0.39, 0.29) is 5.69 Å². The number of nitriles is 1. The van der Waals surface area contributed by atoms with Crippen LogP contribution in [0.4, 0.5) is 0 Å². The lowest BCUT2D eigenvalue weighted by molar-refractivity contribution is 0.0972. The van der Waals surface area contributed by atoms with Gasteiger partial charge in [0.1, 0.15) is 5.69 Å². The zero-order valence-corrected chi connectivity index (χ0v) is 13.9. The second-order valence-electron chi connectivity index (χ2n) is 6.20. The molecule has 2 aromatic heterocycles. The second-order valence-corrected chi connectivity index (χ2v) is 6.20. The monoisotopic (exact) mass is 345 g/mol. The van der Waals surface area contributed by atoms with Crippen molar-refractivity contribution in [2.24, 2.45) is 5.92 Å². The van der Waals surface area contributed by atoms with Gasteiger partial charge in [0.15, 0.2) is 5.92 Å². The van der Waals surface area contributed by atoms with Crippen molar-refractivity contribution >= 4 is 16.8 Å². The minimum atomic E-state index is -1.08. The number of hydrogen-bond acceptors (Lipinski definition) is 7. The molecule has 0 saturated heterocycles. The number of carbonyl (C=O) groups is 1. The van der Waals surface area contributed by atoms with E-state index in [0.29, 0.717) is 35.1 Å². The molecule has 1 aliphatic carbocycles. The molecular weight excluding hydrogens is 330 g/mol. The van der Waals surface area contributed by atoms with E-state index >= 15 is 0 Å². The van der Waals surface area contributed by atoms with Gasteiger partial charge in [0.2, 0.25) is 11.7 Å². The Morgan fingerprint density at radius 1 is 1.15 bits per heavy atom. The molecular formula is C19H15N5O2. The fraction of sp³-hybridized carbons (Fsp3) is 0.263. The highest BCUT2D eigenvalue weighted by Crippen LogP contribution is 2.29. The van der Waals surface area contributed by atoms with E-state index in [1.807, 2.05) is 24.3 Å². The van der Waals surface area contributed by atoms with Crippen LogP contribution in [0.5, 0.6) is 5.88 Å². The molecule has 1 saturated carbocycles. The number of benzene rings is 1. The van der Waals surface area contributed by atoms with Crippen molar-refractivity contribution in [3.63, 3.8) is 0 Å². The minimum absolute atomic E-state index is 0.102. The SMILES string of the molecule is N#C[C@H](C(=O)c1cnc(OCC2CC2)cn1)c1cnc2ccccc2n1. The highest BCUT2D eigenvalue weighted by atomic mass is 16.5. The summed E-state index contributed by atoms with van der Waals surface area (Å²) >= 11 is 0. The first-order valence-corrected chi connectivity index (χ1v) is 8.35. The second kappa shape index (κ2) is 6.84. The molecule has 0 N–H and O–H groups in total. The third-order valence-electron chi connectivity index (χ3n) is 4.20. The van der Waals surface area contributed by atoms with Crippen molar-refractivity contribution in [2.45, 2.75) is 18.8 Å². The molecule has 0 bridgehead atoms. The average molecular weight is 345 g/mol. The summed E-state index contributed by atoms with van der Waals surface area (Å²) in [7, 11) is 0. The number of nitrogens with zero attached hydrogens (tertiary/aromatic N) is 5. The number of rotatable bonds is 6. The van der Waals surface area contributed by atoms with Gasteiger partial charge in [-0.25, -0.2) is 15.0 Å². The first-order chi connectivity index (χ1) is 12.7. The molecule has 1 fully saturated rings. The van der Waals surface area contributed by atoms with Crippen molar-refractivity contribution in [3.05, 3.63) is 54.2 Å². The van der Waals surface area contributed by atoms with Crippen molar-refractivity contribution < 1.29 is 9.53 Å². The molecule has 26 heavy (non-hydrogen) atoms. The van der Waals surface area contributed by atoms with Crippen LogP contribution in [0.25, 0.3) is 11.0 Å². The van der Waals surface area contributed by atoms with Gasteiger partial charge >= 0.3 is 0 Å². The normalized spacial score (nSPS) is 14.6. The van der Waals surface area contributed by atoms with Gasteiger partial charge in [0.05, 0.1) is 48.0 Å². The van der Waals surface area contributed by atoms with Crippen LogP contribution in [0.2, 0.25) is 0 Å². The van der Waals surface area contributed by atoms with E-state index in [0.717, 1.165) is 0 Å². The smallest absolute Gasteiger partial charge is 0.232 e. The highest BCUT2D eigenvalue weighted by Gasteiger charge is 2.26. The first kappa shape index (κ1) is 16.1. The van der Waals surface area contributed by atoms with Crippen LogP contribution >= 0.6 is 0 Å². The lowest BCUT2D eigenvalue weighted by Gasteiger charge is -2.08. The number of carbonyl (C=O) groups excluding carboxylic acids is 1. The van der Waals surface area contributed by atoms with Gasteiger partial charge in [-0.1, -0.05) is 12.1 Å². The van der Waals surface area contributed by atoms with Crippen LogP contribution in [0.1, 0.15) is 34.9 Å². The Morgan fingerprint density at radius 2 is 1.96 bits per heavy atom. The van der Waals surface area contributed by atoms with Gasteiger partial charge in [-0.05, 0) is 30.9 Å². The summed E-state index contributed by atoms with van der Waals surface area (Å²) in [6.45, 7) is 0.621. The number of para-hydroxylation sites is 2. The van der Waals surface area contributed by atoms with Crippen molar-refractivity contribution in [1.29, 1.82) is 5.26 Å². The van der Waals surface area contributed by atoms with Crippen LogP contribution in [0, 0.1) is 17.2 Å². The van der Waals surface area contributed by atoms with Gasteiger partial charge < -0.3 is 4.74 Å².